The van der Waals surface area contributed by atoms with Crippen LogP contribution in [-0.4, -0.2) is 23.8 Å². The molecule has 0 spiro atoms. The van der Waals surface area contributed by atoms with Gasteiger partial charge in [0.15, 0.2) is 0 Å². The highest BCUT2D eigenvalue weighted by Gasteiger charge is 2.17. The highest BCUT2D eigenvalue weighted by Crippen LogP contribution is 2.34. The second-order valence-electron chi connectivity index (χ2n) is 7.26. The van der Waals surface area contributed by atoms with Crippen molar-refractivity contribution in [1.82, 2.24) is 4.98 Å². The zero-order valence-electron chi connectivity index (χ0n) is 18.3. The number of rotatable bonds is 7. The highest BCUT2D eigenvalue weighted by atomic mass is 35.5. The molecule has 0 saturated carbocycles. The third kappa shape index (κ3) is 5.40. The molecule has 5 nitrogen and oxygen atoms in total. The predicted molar refractivity (Wildman–Crippen MR) is 137 cm³/mol. The number of halogens is 1. The average molecular weight is 486 g/mol. The maximum Gasteiger partial charge on any atom is 0.234 e. The summed E-state index contributed by atoms with van der Waals surface area (Å²) in [5, 5.41) is 13.7. The normalized spacial score (nSPS) is 10.4. The Morgan fingerprint density at radius 1 is 1.03 bits per heavy atom. The number of nitrogens with one attached hydrogen (secondary N) is 1. The number of anilines is 1. The van der Waals surface area contributed by atoms with Crippen molar-refractivity contribution >= 4 is 35.0 Å². The Morgan fingerprint density at radius 3 is 2.41 bits per heavy atom. The topological polar surface area (TPSA) is 75.0 Å². The Bertz CT molecular complexity index is 1350. The number of methoxy groups -OCH3 is 1. The first kappa shape index (κ1) is 23.4. The Balaban J connectivity index is 1.69. The van der Waals surface area contributed by atoms with Crippen LogP contribution >= 0.6 is 23.4 Å². The van der Waals surface area contributed by atoms with E-state index in [-0.39, 0.29) is 11.7 Å². The number of ether oxygens (including phenoxy) is 1. The zero-order valence-corrected chi connectivity index (χ0v) is 19.9. The van der Waals surface area contributed by atoms with Gasteiger partial charge in [0.1, 0.15) is 16.8 Å². The van der Waals surface area contributed by atoms with E-state index in [1.165, 1.54) is 11.8 Å². The van der Waals surface area contributed by atoms with E-state index in [9.17, 15) is 10.1 Å². The number of thioether (sulfide) groups is 1. The summed E-state index contributed by atoms with van der Waals surface area (Å²) < 4.78 is 5.26. The molecule has 0 aliphatic rings. The summed E-state index contributed by atoms with van der Waals surface area (Å²) in [6.07, 6.45) is 0. The smallest absolute Gasteiger partial charge is 0.234 e. The monoisotopic (exact) mass is 485 g/mol. The van der Waals surface area contributed by atoms with Gasteiger partial charge in [-0.3, -0.25) is 4.79 Å². The quantitative estimate of drug-likeness (QED) is 0.295. The largest absolute Gasteiger partial charge is 0.497 e. The lowest BCUT2D eigenvalue weighted by Crippen LogP contribution is -2.14. The summed E-state index contributed by atoms with van der Waals surface area (Å²) in [7, 11) is 1.62. The number of hydrogen-bond acceptors (Lipinski definition) is 5. The van der Waals surface area contributed by atoms with Crippen LogP contribution in [0.4, 0.5) is 5.69 Å². The number of amides is 1. The zero-order chi connectivity index (χ0) is 23.9. The number of carbonyl (C=O) groups is 1. The first-order valence-corrected chi connectivity index (χ1v) is 11.8. The Hall–Kier alpha value is -3.79. The van der Waals surface area contributed by atoms with E-state index in [4.69, 9.17) is 21.3 Å². The van der Waals surface area contributed by atoms with Gasteiger partial charge in [-0.15, -0.1) is 0 Å². The average Bonchev–Trinajstić information content (AvgIpc) is 2.88. The summed E-state index contributed by atoms with van der Waals surface area (Å²) in [5.74, 6) is 0.583. The summed E-state index contributed by atoms with van der Waals surface area (Å²) in [5.41, 5.74) is 4.22. The van der Waals surface area contributed by atoms with Gasteiger partial charge in [0.2, 0.25) is 5.91 Å². The lowest BCUT2D eigenvalue weighted by molar-refractivity contribution is -0.113. The number of nitrogens with zero attached hydrogens (tertiary/aromatic N) is 2. The molecule has 0 radical (unpaired) electrons. The molecule has 1 aromatic heterocycles. The van der Waals surface area contributed by atoms with Gasteiger partial charge in [0.25, 0.3) is 0 Å². The van der Waals surface area contributed by atoms with Crippen LogP contribution in [0, 0.1) is 11.3 Å². The summed E-state index contributed by atoms with van der Waals surface area (Å²) in [6, 6.07) is 28.5. The van der Waals surface area contributed by atoms with E-state index in [0.29, 0.717) is 27.0 Å². The molecule has 7 heteroatoms. The van der Waals surface area contributed by atoms with Gasteiger partial charge in [0, 0.05) is 11.1 Å². The molecule has 4 rings (SSSR count). The van der Waals surface area contributed by atoms with Crippen LogP contribution in [0.1, 0.15) is 5.56 Å². The van der Waals surface area contributed by atoms with E-state index in [1.54, 1.807) is 31.4 Å². The van der Waals surface area contributed by atoms with Crippen LogP contribution in [0.5, 0.6) is 5.75 Å². The number of pyridine rings is 1. The fraction of sp³-hybridized carbons (Fsp3) is 0.0741. The SMILES string of the molecule is COc1ccc(-c2cc(-c3ccccc3)c(C#N)c(SCC(=O)Nc3ccccc3Cl)n2)cc1. The van der Waals surface area contributed by atoms with Gasteiger partial charge in [-0.05, 0) is 48.0 Å². The Labute approximate surface area is 207 Å². The second kappa shape index (κ2) is 10.9. The summed E-state index contributed by atoms with van der Waals surface area (Å²) >= 11 is 7.36. The number of carbonyl (C=O) groups excluding carboxylic acids is 1. The minimum absolute atomic E-state index is 0.0766. The maximum atomic E-state index is 12.6. The minimum Gasteiger partial charge on any atom is -0.497 e. The van der Waals surface area contributed by atoms with Crippen LogP contribution in [0.3, 0.4) is 0 Å². The van der Waals surface area contributed by atoms with Crippen LogP contribution in [0.2, 0.25) is 5.02 Å². The minimum atomic E-state index is -0.236. The molecule has 0 saturated heterocycles. The van der Waals surface area contributed by atoms with Gasteiger partial charge in [-0.2, -0.15) is 5.26 Å². The molecule has 0 unspecified atom stereocenters. The number of aromatic nitrogens is 1. The molecular weight excluding hydrogens is 466 g/mol. The molecule has 1 amide bonds. The number of nitriles is 1. The van der Waals surface area contributed by atoms with Gasteiger partial charge in [-0.25, -0.2) is 4.98 Å². The van der Waals surface area contributed by atoms with Gasteiger partial charge in [0.05, 0.1) is 34.8 Å². The van der Waals surface area contributed by atoms with Crippen LogP contribution < -0.4 is 10.1 Å². The van der Waals surface area contributed by atoms with E-state index >= 15 is 0 Å². The first-order valence-electron chi connectivity index (χ1n) is 10.4. The molecular formula is C27H20ClN3O2S. The second-order valence-corrected chi connectivity index (χ2v) is 8.63. The highest BCUT2D eigenvalue weighted by molar-refractivity contribution is 8.00. The molecule has 0 aliphatic carbocycles. The van der Waals surface area contributed by atoms with Gasteiger partial charge < -0.3 is 10.1 Å². The molecule has 4 aromatic rings. The van der Waals surface area contributed by atoms with E-state index in [0.717, 1.165) is 22.4 Å². The van der Waals surface area contributed by atoms with Gasteiger partial charge >= 0.3 is 0 Å². The summed E-state index contributed by atoms with van der Waals surface area (Å²) in [4.78, 5) is 17.3. The van der Waals surface area contributed by atoms with Crippen LogP contribution in [0.25, 0.3) is 22.4 Å². The Kier molecular flexibility index (Phi) is 7.48. The van der Waals surface area contributed by atoms with E-state index in [2.05, 4.69) is 11.4 Å². The van der Waals surface area contributed by atoms with E-state index < -0.39 is 0 Å². The third-order valence-corrected chi connectivity index (χ3v) is 6.36. The number of para-hydroxylation sites is 1. The molecule has 0 bridgehead atoms. The molecule has 0 atom stereocenters. The van der Waals surface area contributed by atoms with E-state index in [1.807, 2.05) is 60.7 Å². The van der Waals surface area contributed by atoms with Crippen molar-refractivity contribution in [2.75, 3.05) is 18.2 Å². The van der Waals surface area contributed by atoms with Crippen molar-refractivity contribution in [2.24, 2.45) is 0 Å². The fourth-order valence-electron chi connectivity index (χ4n) is 3.37. The van der Waals surface area contributed by atoms with Crippen LogP contribution in [0.15, 0.2) is 90.0 Å². The fourth-order valence-corrected chi connectivity index (χ4v) is 4.36. The molecule has 34 heavy (non-hydrogen) atoms. The van der Waals surface area contributed by atoms with Crippen molar-refractivity contribution in [3.63, 3.8) is 0 Å². The molecule has 0 aliphatic heterocycles. The van der Waals surface area contributed by atoms with Crippen molar-refractivity contribution in [2.45, 2.75) is 5.03 Å². The molecule has 0 fully saturated rings. The van der Waals surface area contributed by atoms with Crippen molar-refractivity contribution in [3.05, 3.63) is 95.5 Å². The van der Waals surface area contributed by atoms with Crippen LogP contribution in [-0.2, 0) is 4.79 Å². The summed E-state index contributed by atoms with van der Waals surface area (Å²) in [6.45, 7) is 0. The van der Waals surface area contributed by atoms with Crippen molar-refractivity contribution in [1.29, 1.82) is 5.26 Å². The van der Waals surface area contributed by atoms with Crippen molar-refractivity contribution in [3.8, 4) is 34.2 Å². The molecule has 3 aromatic carbocycles. The first-order chi connectivity index (χ1) is 16.6. The third-order valence-electron chi connectivity index (χ3n) is 5.06. The molecule has 1 N–H and O–H groups in total. The van der Waals surface area contributed by atoms with Crippen molar-refractivity contribution < 1.29 is 9.53 Å². The Morgan fingerprint density at radius 2 is 1.74 bits per heavy atom. The maximum absolute atomic E-state index is 12.6. The standard InChI is InChI=1S/C27H20ClN3O2S/c1-33-20-13-11-19(12-14-20)25-15-21(18-7-3-2-4-8-18)22(16-29)27(31-25)34-17-26(32)30-24-10-6-5-9-23(24)28/h2-15H,17H2,1H3,(H,30,32). The number of benzene rings is 3. The number of hydrogen-bond donors (Lipinski definition) is 1. The lowest BCUT2D eigenvalue weighted by Gasteiger charge is -2.13. The predicted octanol–water partition coefficient (Wildman–Crippen LogP) is 6.68. The molecule has 1 heterocycles. The van der Waals surface area contributed by atoms with Gasteiger partial charge in [-0.1, -0.05) is 65.8 Å². The lowest BCUT2D eigenvalue weighted by atomic mass is 9.99. The molecule has 168 valence electrons.